The summed E-state index contributed by atoms with van der Waals surface area (Å²) in [5.41, 5.74) is 10.4. The van der Waals surface area contributed by atoms with Crippen molar-refractivity contribution in [2.75, 3.05) is 5.32 Å². The van der Waals surface area contributed by atoms with Crippen LogP contribution in [0.25, 0.3) is 78.0 Å². The fourth-order valence-electron chi connectivity index (χ4n) is 6.39. The van der Waals surface area contributed by atoms with Gasteiger partial charge in [0.05, 0.1) is 22.4 Å². The van der Waals surface area contributed by atoms with E-state index in [0.717, 1.165) is 61.0 Å². The van der Waals surface area contributed by atoms with Gasteiger partial charge in [-0.1, -0.05) is 109 Å². The van der Waals surface area contributed by atoms with E-state index in [9.17, 15) is 4.79 Å². The number of carbonyl (C=O) groups is 1. The molecule has 6 nitrogen and oxygen atoms in total. The van der Waals surface area contributed by atoms with Gasteiger partial charge in [-0.3, -0.25) is 4.79 Å². The first-order chi connectivity index (χ1) is 24.7. The zero-order valence-corrected chi connectivity index (χ0v) is 26.7. The summed E-state index contributed by atoms with van der Waals surface area (Å²) >= 11 is 0. The van der Waals surface area contributed by atoms with E-state index in [-0.39, 0.29) is 5.91 Å². The van der Waals surface area contributed by atoms with Crippen LogP contribution in [-0.2, 0) is 0 Å². The molecule has 236 valence electrons. The normalized spacial score (nSPS) is 11.3. The molecule has 50 heavy (non-hydrogen) atoms. The number of fused-ring (bicyclic) bond motifs is 4. The molecular formula is C44H28N4O2. The second-order valence-corrected chi connectivity index (χ2v) is 12.1. The molecule has 3 aromatic heterocycles. The zero-order chi connectivity index (χ0) is 33.4. The average molecular weight is 645 g/mol. The number of aromatic nitrogens is 3. The fourth-order valence-corrected chi connectivity index (χ4v) is 6.39. The van der Waals surface area contributed by atoms with Crippen LogP contribution in [0.15, 0.2) is 168 Å². The van der Waals surface area contributed by atoms with Gasteiger partial charge in [0.25, 0.3) is 5.91 Å². The molecule has 9 rings (SSSR count). The number of oxazole rings is 1. The van der Waals surface area contributed by atoms with Gasteiger partial charge in [-0.25, -0.2) is 15.0 Å². The summed E-state index contributed by atoms with van der Waals surface area (Å²) in [7, 11) is 0. The first-order valence-corrected chi connectivity index (χ1v) is 16.4. The maximum atomic E-state index is 13.4. The predicted molar refractivity (Wildman–Crippen MR) is 201 cm³/mol. The highest BCUT2D eigenvalue weighted by molar-refractivity contribution is 6.08. The summed E-state index contributed by atoms with van der Waals surface area (Å²) in [5, 5.41) is 5.18. The minimum absolute atomic E-state index is 0.201. The van der Waals surface area contributed by atoms with Crippen molar-refractivity contribution in [2.24, 2.45) is 0 Å². The Kier molecular flexibility index (Phi) is 7.17. The van der Waals surface area contributed by atoms with Crippen LogP contribution in [0.1, 0.15) is 10.4 Å². The lowest BCUT2D eigenvalue weighted by atomic mass is 9.97. The summed E-state index contributed by atoms with van der Waals surface area (Å²) in [5.74, 6) is 0.331. The van der Waals surface area contributed by atoms with E-state index in [1.54, 1.807) is 12.1 Å². The molecule has 0 fully saturated rings. The smallest absolute Gasteiger partial charge is 0.255 e. The minimum atomic E-state index is -0.201. The van der Waals surface area contributed by atoms with Crippen LogP contribution in [0, 0.1) is 0 Å². The minimum Gasteiger partial charge on any atom is -0.436 e. The number of nitrogens with one attached hydrogen (secondary N) is 1. The zero-order valence-electron chi connectivity index (χ0n) is 26.7. The lowest BCUT2D eigenvalue weighted by molar-refractivity contribution is 0.102. The Morgan fingerprint density at radius 1 is 0.480 bits per heavy atom. The topological polar surface area (TPSA) is 80.9 Å². The lowest BCUT2D eigenvalue weighted by Crippen LogP contribution is -2.12. The number of carbonyl (C=O) groups excluding carboxylic acids is 1. The Labute approximate surface area is 287 Å². The largest absolute Gasteiger partial charge is 0.436 e. The van der Waals surface area contributed by atoms with Crippen LogP contribution in [-0.4, -0.2) is 20.9 Å². The van der Waals surface area contributed by atoms with Crippen molar-refractivity contribution >= 4 is 44.5 Å². The number of benzene rings is 6. The molecule has 0 unspecified atom stereocenters. The van der Waals surface area contributed by atoms with E-state index >= 15 is 0 Å². The van der Waals surface area contributed by atoms with Crippen molar-refractivity contribution in [3.63, 3.8) is 0 Å². The van der Waals surface area contributed by atoms with Crippen molar-refractivity contribution < 1.29 is 9.21 Å². The third kappa shape index (κ3) is 5.35. The van der Waals surface area contributed by atoms with Gasteiger partial charge in [-0.15, -0.1) is 0 Å². The molecule has 9 aromatic rings. The molecule has 0 spiro atoms. The van der Waals surface area contributed by atoms with Gasteiger partial charge in [0.2, 0.25) is 5.89 Å². The van der Waals surface area contributed by atoms with Gasteiger partial charge < -0.3 is 9.73 Å². The summed E-state index contributed by atoms with van der Waals surface area (Å²) in [4.78, 5) is 28.7. The number of hydrogen-bond donors (Lipinski definition) is 1. The van der Waals surface area contributed by atoms with E-state index in [1.165, 1.54) is 0 Å². The third-order valence-electron chi connectivity index (χ3n) is 8.92. The molecule has 1 amide bonds. The molecule has 1 N–H and O–H groups in total. The molecule has 0 bridgehead atoms. The summed E-state index contributed by atoms with van der Waals surface area (Å²) in [6.45, 7) is 0. The van der Waals surface area contributed by atoms with Gasteiger partial charge in [-0.05, 0) is 54.6 Å². The van der Waals surface area contributed by atoms with Crippen LogP contribution >= 0.6 is 0 Å². The Balaban J connectivity index is 1.20. The van der Waals surface area contributed by atoms with Gasteiger partial charge >= 0.3 is 0 Å². The van der Waals surface area contributed by atoms with Crippen LogP contribution < -0.4 is 5.32 Å². The summed E-state index contributed by atoms with van der Waals surface area (Å²) < 4.78 is 6.23. The molecule has 0 saturated carbocycles. The van der Waals surface area contributed by atoms with Crippen molar-refractivity contribution in [3.8, 4) is 45.1 Å². The molecule has 0 aliphatic heterocycles. The first kappa shape index (κ1) is 29.2. The monoisotopic (exact) mass is 644 g/mol. The van der Waals surface area contributed by atoms with Crippen molar-refractivity contribution in [2.45, 2.75) is 0 Å². The highest BCUT2D eigenvalue weighted by atomic mass is 16.3. The Morgan fingerprint density at radius 3 is 1.76 bits per heavy atom. The molecule has 0 saturated heterocycles. The van der Waals surface area contributed by atoms with E-state index in [2.05, 4.69) is 53.8 Å². The first-order valence-electron chi connectivity index (χ1n) is 16.4. The fraction of sp³-hybridized carbons (Fsp3) is 0. The SMILES string of the molecule is O=C(Nc1ccc(-c2ccc3ccc4ccc(-c5ccccc5)nc4c3n2)cc1-c1cccc2oc(-c3ccccc3)nc12)c1ccccc1. The van der Waals surface area contributed by atoms with Gasteiger partial charge in [-0.2, -0.15) is 0 Å². The Bertz CT molecular complexity index is 2690. The van der Waals surface area contributed by atoms with Crippen molar-refractivity contribution in [1.29, 1.82) is 0 Å². The maximum Gasteiger partial charge on any atom is 0.255 e. The number of para-hydroxylation sites is 1. The van der Waals surface area contributed by atoms with Crippen molar-refractivity contribution in [3.05, 3.63) is 169 Å². The van der Waals surface area contributed by atoms with E-state index in [1.807, 2.05) is 103 Å². The Morgan fingerprint density at radius 2 is 1.08 bits per heavy atom. The second kappa shape index (κ2) is 12.3. The number of anilines is 1. The molecule has 0 aliphatic rings. The van der Waals surface area contributed by atoms with Gasteiger partial charge in [0.15, 0.2) is 5.58 Å². The van der Waals surface area contributed by atoms with Crippen LogP contribution in [0.2, 0.25) is 0 Å². The molecule has 6 heteroatoms. The number of amides is 1. The second-order valence-electron chi connectivity index (χ2n) is 12.1. The van der Waals surface area contributed by atoms with E-state index in [4.69, 9.17) is 19.4 Å². The quantitative estimate of drug-likeness (QED) is 0.182. The Hall–Kier alpha value is -6.92. The molecule has 6 aromatic carbocycles. The standard InChI is InChI=1S/C44H28N4O2/c49-43(31-13-6-2-7-14-31)47-38-26-23-33(27-35(38)34-17-10-18-39-42(34)48-44(50-39)32-15-8-3-9-16-32)37-25-22-30-20-19-29-21-24-36(28-11-4-1-5-12-28)45-40(29)41(30)46-37/h1-27H,(H,47,49). The molecule has 0 aliphatic carbocycles. The number of hydrogen-bond acceptors (Lipinski definition) is 5. The lowest BCUT2D eigenvalue weighted by Gasteiger charge is -2.14. The number of pyridine rings is 2. The molecule has 3 heterocycles. The number of rotatable bonds is 6. The summed E-state index contributed by atoms with van der Waals surface area (Å²) in [6, 6.07) is 53.5. The molecule has 0 atom stereocenters. The highest BCUT2D eigenvalue weighted by Gasteiger charge is 2.18. The molecule has 0 radical (unpaired) electrons. The van der Waals surface area contributed by atoms with E-state index < -0.39 is 0 Å². The highest BCUT2D eigenvalue weighted by Crippen LogP contribution is 2.38. The van der Waals surface area contributed by atoms with Gasteiger partial charge in [0, 0.05) is 49.8 Å². The molecular weight excluding hydrogens is 617 g/mol. The van der Waals surface area contributed by atoms with Gasteiger partial charge in [0.1, 0.15) is 5.52 Å². The predicted octanol–water partition coefficient (Wildman–Crippen LogP) is 10.8. The van der Waals surface area contributed by atoms with Crippen LogP contribution in [0.5, 0.6) is 0 Å². The van der Waals surface area contributed by atoms with Crippen LogP contribution in [0.3, 0.4) is 0 Å². The van der Waals surface area contributed by atoms with Crippen molar-refractivity contribution in [1.82, 2.24) is 15.0 Å². The average Bonchev–Trinajstić information content (AvgIpc) is 3.64. The van der Waals surface area contributed by atoms with E-state index in [0.29, 0.717) is 28.2 Å². The number of nitrogens with zero attached hydrogens (tertiary/aromatic N) is 3. The third-order valence-corrected chi connectivity index (χ3v) is 8.92. The van der Waals surface area contributed by atoms with Crippen LogP contribution in [0.4, 0.5) is 5.69 Å². The summed E-state index contributed by atoms with van der Waals surface area (Å²) in [6.07, 6.45) is 0. The maximum absolute atomic E-state index is 13.4.